The zero-order valence-corrected chi connectivity index (χ0v) is 10.9. The monoisotopic (exact) mass is 267 g/mol. The third kappa shape index (κ3) is 2.38. The number of amides is 2. The molecule has 0 bridgehead atoms. The number of benzene rings is 1. The first-order valence-corrected chi connectivity index (χ1v) is 6.28. The summed E-state index contributed by atoms with van der Waals surface area (Å²) >= 11 is 0. The Bertz CT molecular complexity index is 710. The van der Waals surface area contributed by atoms with E-state index >= 15 is 0 Å². The molecule has 0 aliphatic carbocycles. The first-order chi connectivity index (χ1) is 9.61. The Labute approximate surface area is 116 Å². The van der Waals surface area contributed by atoms with Gasteiger partial charge in [0.05, 0.1) is 6.42 Å². The van der Waals surface area contributed by atoms with E-state index in [0.29, 0.717) is 23.5 Å². The van der Waals surface area contributed by atoms with Gasteiger partial charge >= 0.3 is 0 Å². The summed E-state index contributed by atoms with van der Waals surface area (Å²) < 4.78 is 0. The Morgan fingerprint density at radius 1 is 1.30 bits per heavy atom. The van der Waals surface area contributed by atoms with Crippen LogP contribution in [0, 0.1) is 6.92 Å². The van der Waals surface area contributed by atoms with Crippen molar-refractivity contribution in [3.63, 3.8) is 0 Å². The van der Waals surface area contributed by atoms with E-state index in [1.807, 2.05) is 13.0 Å². The molecule has 2 aromatic rings. The highest BCUT2D eigenvalue weighted by atomic mass is 16.2. The Morgan fingerprint density at radius 2 is 2.15 bits per heavy atom. The van der Waals surface area contributed by atoms with Crippen molar-refractivity contribution in [1.82, 2.24) is 4.98 Å². The molecule has 2 heterocycles. The number of carbonyl (C=O) groups excluding carboxylic acids is 2. The first-order valence-electron chi connectivity index (χ1n) is 6.28. The molecule has 100 valence electrons. The normalized spacial score (nSPS) is 12.8. The van der Waals surface area contributed by atoms with Crippen LogP contribution >= 0.6 is 0 Å². The van der Waals surface area contributed by atoms with E-state index in [4.69, 9.17) is 0 Å². The molecule has 0 fully saturated rings. The Hall–Kier alpha value is -2.69. The fourth-order valence-corrected chi connectivity index (χ4v) is 2.15. The standard InChI is InChI=1S/C15H13N3O2/c1-9-4-5-16-13(6-9)18-15(20)11-3-2-10-8-14(19)17-12(10)7-11/h2-7H,8H2,1H3,(H,17,19)(H,16,18,20). The number of hydrogen-bond acceptors (Lipinski definition) is 3. The lowest BCUT2D eigenvalue weighted by atomic mass is 10.1. The van der Waals surface area contributed by atoms with Gasteiger partial charge in [0.1, 0.15) is 5.82 Å². The molecule has 1 aromatic heterocycles. The van der Waals surface area contributed by atoms with E-state index in [0.717, 1.165) is 11.1 Å². The molecule has 5 heteroatoms. The maximum atomic E-state index is 12.1. The number of hydrogen-bond donors (Lipinski definition) is 2. The molecular formula is C15H13N3O2. The van der Waals surface area contributed by atoms with Crippen LogP contribution in [0.1, 0.15) is 21.5 Å². The second-order valence-electron chi connectivity index (χ2n) is 4.77. The van der Waals surface area contributed by atoms with Gasteiger partial charge in [0.15, 0.2) is 0 Å². The molecular weight excluding hydrogens is 254 g/mol. The highest BCUT2D eigenvalue weighted by molar-refractivity contribution is 6.06. The smallest absolute Gasteiger partial charge is 0.256 e. The molecule has 0 atom stereocenters. The molecule has 1 aromatic carbocycles. The molecule has 2 N–H and O–H groups in total. The zero-order valence-electron chi connectivity index (χ0n) is 10.9. The summed E-state index contributed by atoms with van der Waals surface area (Å²) in [6.07, 6.45) is 2.02. The minimum absolute atomic E-state index is 0.0436. The lowest BCUT2D eigenvalue weighted by Crippen LogP contribution is -2.13. The summed E-state index contributed by atoms with van der Waals surface area (Å²) in [4.78, 5) is 27.5. The summed E-state index contributed by atoms with van der Waals surface area (Å²) in [6, 6.07) is 8.86. The van der Waals surface area contributed by atoms with Crippen LogP contribution < -0.4 is 10.6 Å². The molecule has 3 rings (SSSR count). The largest absolute Gasteiger partial charge is 0.326 e. The van der Waals surface area contributed by atoms with Crippen LogP contribution in [-0.2, 0) is 11.2 Å². The molecule has 0 spiro atoms. The van der Waals surface area contributed by atoms with E-state index in [9.17, 15) is 9.59 Å². The van der Waals surface area contributed by atoms with Crippen molar-refractivity contribution in [2.24, 2.45) is 0 Å². The SMILES string of the molecule is Cc1ccnc(NC(=O)c2ccc3c(c2)NC(=O)C3)c1. The van der Waals surface area contributed by atoms with Crippen LogP contribution in [0.3, 0.4) is 0 Å². The Balaban J connectivity index is 1.81. The predicted octanol–water partition coefficient (Wildman–Crippen LogP) is 2.14. The molecule has 1 aliphatic heterocycles. The van der Waals surface area contributed by atoms with E-state index in [-0.39, 0.29) is 11.8 Å². The van der Waals surface area contributed by atoms with Crippen LogP contribution in [0.15, 0.2) is 36.5 Å². The van der Waals surface area contributed by atoms with Crippen LogP contribution in [0.5, 0.6) is 0 Å². The van der Waals surface area contributed by atoms with Gasteiger partial charge in [0.2, 0.25) is 5.91 Å². The van der Waals surface area contributed by atoms with Crippen LogP contribution in [-0.4, -0.2) is 16.8 Å². The molecule has 1 aliphatic rings. The zero-order chi connectivity index (χ0) is 14.1. The number of fused-ring (bicyclic) bond motifs is 1. The van der Waals surface area contributed by atoms with Crippen molar-refractivity contribution in [2.45, 2.75) is 13.3 Å². The minimum Gasteiger partial charge on any atom is -0.326 e. The highest BCUT2D eigenvalue weighted by Crippen LogP contribution is 2.24. The summed E-state index contributed by atoms with van der Waals surface area (Å²) in [6.45, 7) is 1.93. The van der Waals surface area contributed by atoms with Crippen molar-refractivity contribution in [2.75, 3.05) is 10.6 Å². The van der Waals surface area contributed by atoms with Crippen LogP contribution in [0.4, 0.5) is 11.5 Å². The molecule has 0 saturated carbocycles. The number of nitrogens with zero attached hydrogens (tertiary/aromatic N) is 1. The van der Waals surface area contributed by atoms with Crippen molar-refractivity contribution < 1.29 is 9.59 Å². The van der Waals surface area contributed by atoms with Gasteiger partial charge in [-0.1, -0.05) is 6.07 Å². The number of carbonyl (C=O) groups is 2. The summed E-state index contributed by atoms with van der Waals surface area (Å²) in [5.41, 5.74) is 3.14. The number of pyridine rings is 1. The van der Waals surface area contributed by atoms with Gasteiger partial charge in [-0.15, -0.1) is 0 Å². The van der Waals surface area contributed by atoms with Gasteiger partial charge in [-0.3, -0.25) is 9.59 Å². The molecule has 0 saturated heterocycles. The number of anilines is 2. The van der Waals surface area contributed by atoms with Gasteiger partial charge in [-0.2, -0.15) is 0 Å². The van der Waals surface area contributed by atoms with E-state index in [2.05, 4.69) is 15.6 Å². The van der Waals surface area contributed by atoms with Gasteiger partial charge in [0.25, 0.3) is 5.91 Å². The lowest BCUT2D eigenvalue weighted by molar-refractivity contribution is -0.115. The molecule has 2 amide bonds. The average molecular weight is 267 g/mol. The fraction of sp³-hybridized carbons (Fsp3) is 0.133. The predicted molar refractivity (Wildman–Crippen MR) is 75.7 cm³/mol. The van der Waals surface area contributed by atoms with Crippen LogP contribution in [0.2, 0.25) is 0 Å². The van der Waals surface area contributed by atoms with Gasteiger partial charge < -0.3 is 10.6 Å². The van der Waals surface area contributed by atoms with E-state index in [1.54, 1.807) is 30.5 Å². The third-order valence-corrected chi connectivity index (χ3v) is 3.15. The van der Waals surface area contributed by atoms with Gasteiger partial charge in [0, 0.05) is 17.4 Å². The molecule has 5 nitrogen and oxygen atoms in total. The topological polar surface area (TPSA) is 71.1 Å². The van der Waals surface area contributed by atoms with E-state index in [1.165, 1.54) is 0 Å². The van der Waals surface area contributed by atoms with Crippen LogP contribution in [0.25, 0.3) is 0 Å². The van der Waals surface area contributed by atoms with Crippen molar-refractivity contribution in [3.8, 4) is 0 Å². The fourth-order valence-electron chi connectivity index (χ4n) is 2.15. The Morgan fingerprint density at radius 3 is 2.95 bits per heavy atom. The summed E-state index contributed by atoms with van der Waals surface area (Å²) in [7, 11) is 0. The number of rotatable bonds is 2. The summed E-state index contributed by atoms with van der Waals surface area (Å²) in [5, 5.41) is 5.47. The molecule has 0 unspecified atom stereocenters. The minimum atomic E-state index is -0.243. The van der Waals surface area contributed by atoms with Gasteiger partial charge in [-0.05, 0) is 42.3 Å². The van der Waals surface area contributed by atoms with Crippen molar-refractivity contribution in [1.29, 1.82) is 0 Å². The van der Waals surface area contributed by atoms with Crippen molar-refractivity contribution in [3.05, 3.63) is 53.2 Å². The Kier molecular flexibility index (Phi) is 2.95. The third-order valence-electron chi connectivity index (χ3n) is 3.15. The highest BCUT2D eigenvalue weighted by Gasteiger charge is 2.19. The lowest BCUT2D eigenvalue weighted by Gasteiger charge is -2.06. The summed E-state index contributed by atoms with van der Waals surface area (Å²) in [5.74, 6) is 0.226. The second kappa shape index (κ2) is 4.77. The quantitative estimate of drug-likeness (QED) is 0.875. The second-order valence-corrected chi connectivity index (χ2v) is 4.77. The van der Waals surface area contributed by atoms with Gasteiger partial charge in [-0.25, -0.2) is 4.98 Å². The maximum Gasteiger partial charge on any atom is 0.256 e. The maximum absolute atomic E-state index is 12.1. The number of nitrogens with one attached hydrogen (secondary N) is 2. The molecule has 0 radical (unpaired) electrons. The number of aromatic nitrogens is 1. The van der Waals surface area contributed by atoms with E-state index < -0.39 is 0 Å². The average Bonchev–Trinajstić information content (AvgIpc) is 2.77. The molecule has 20 heavy (non-hydrogen) atoms. The first kappa shape index (κ1) is 12.3. The number of aryl methyl sites for hydroxylation is 1. The van der Waals surface area contributed by atoms with Crippen molar-refractivity contribution >= 4 is 23.3 Å².